The molecule has 43 heavy (non-hydrogen) atoms. The second-order valence-corrected chi connectivity index (χ2v) is 14.4. The standard InChI is InChI=1S/C33H39O4S.ClHO4/c1-32(2,3)24-14-18-26(19-15-24)38(27-20-16-25(17-21-27)33(4,5)6)22-28(23-12-10-9-11-13-23)29(30(34)36-7)31(35)37-8;2-1(3,4)5/h9-21H,22H2,1-8H3;(H,2,3,4,5)/q+1;/p-1. The first-order valence-electron chi connectivity index (χ1n) is 13.4. The number of methoxy groups -OCH3 is 2. The lowest BCUT2D eigenvalue weighted by Gasteiger charge is -2.20. The fourth-order valence-electron chi connectivity index (χ4n) is 4.16. The van der Waals surface area contributed by atoms with E-state index in [1.807, 2.05) is 30.3 Å². The first-order chi connectivity index (χ1) is 19.9. The Labute approximate surface area is 259 Å². The van der Waals surface area contributed by atoms with Crippen LogP contribution in [0.15, 0.2) is 94.2 Å². The predicted molar refractivity (Wildman–Crippen MR) is 156 cm³/mol. The molecule has 0 aliphatic rings. The maximum atomic E-state index is 12.9. The van der Waals surface area contributed by atoms with Crippen molar-refractivity contribution in [2.75, 3.05) is 20.0 Å². The molecule has 0 atom stereocenters. The van der Waals surface area contributed by atoms with E-state index in [1.54, 1.807) is 0 Å². The molecule has 0 saturated carbocycles. The lowest BCUT2D eigenvalue weighted by molar-refractivity contribution is -2.00. The Morgan fingerprint density at radius 1 is 0.651 bits per heavy atom. The van der Waals surface area contributed by atoms with Gasteiger partial charge in [0.2, 0.25) is 0 Å². The van der Waals surface area contributed by atoms with Gasteiger partial charge in [0.1, 0.15) is 5.75 Å². The van der Waals surface area contributed by atoms with Crippen LogP contribution in [-0.2, 0) is 40.8 Å². The highest BCUT2D eigenvalue weighted by Gasteiger charge is 2.34. The summed E-state index contributed by atoms with van der Waals surface area (Å²) in [6.07, 6.45) is 0. The minimum absolute atomic E-state index is 0.0313. The number of rotatable bonds is 7. The fraction of sp³-hybridized carbons (Fsp3) is 0.333. The van der Waals surface area contributed by atoms with Gasteiger partial charge >= 0.3 is 11.9 Å². The Morgan fingerprint density at radius 3 is 1.30 bits per heavy atom. The Morgan fingerprint density at radius 2 is 1.00 bits per heavy atom. The second kappa shape index (κ2) is 15.0. The van der Waals surface area contributed by atoms with Crippen molar-refractivity contribution in [2.24, 2.45) is 0 Å². The third kappa shape index (κ3) is 11.1. The Kier molecular flexibility index (Phi) is 12.6. The molecule has 0 fully saturated rings. The van der Waals surface area contributed by atoms with E-state index in [2.05, 4.69) is 90.1 Å². The number of carbonyl (C=O) groups excluding carboxylic acids is 2. The number of ether oxygens (including phenoxy) is 2. The van der Waals surface area contributed by atoms with Gasteiger partial charge in [0.25, 0.3) is 0 Å². The molecular weight excluding hydrogens is 592 g/mol. The molecule has 3 rings (SSSR count). The maximum Gasteiger partial charge on any atom is 0.345 e. The van der Waals surface area contributed by atoms with Crippen molar-refractivity contribution in [1.29, 1.82) is 0 Å². The number of carbonyl (C=O) groups is 2. The van der Waals surface area contributed by atoms with Crippen LogP contribution in [0.25, 0.3) is 5.57 Å². The number of esters is 2. The van der Waals surface area contributed by atoms with Gasteiger partial charge in [-0.15, -0.1) is 10.2 Å². The fourth-order valence-corrected chi connectivity index (χ4v) is 6.29. The zero-order valence-electron chi connectivity index (χ0n) is 25.8. The van der Waals surface area contributed by atoms with Crippen molar-refractivity contribution in [2.45, 2.75) is 62.2 Å². The first-order valence-corrected chi connectivity index (χ1v) is 16.0. The summed E-state index contributed by atoms with van der Waals surface area (Å²) in [6.45, 7) is 13.2. The molecule has 0 aliphatic heterocycles. The van der Waals surface area contributed by atoms with Gasteiger partial charge in [-0.25, -0.2) is 28.2 Å². The molecule has 0 unspecified atom stereocenters. The van der Waals surface area contributed by atoms with Crippen LogP contribution in [0.4, 0.5) is 0 Å². The van der Waals surface area contributed by atoms with Crippen LogP contribution in [0.3, 0.4) is 0 Å². The van der Waals surface area contributed by atoms with E-state index in [4.69, 9.17) is 28.1 Å². The van der Waals surface area contributed by atoms with Crippen molar-refractivity contribution < 1.29 is 47.9 Å². The summed E-state index contributed by atoms with van der Waals surface area (Å²) < 4.78 is 44.1. The van der Waals surface area contributed by atoms with Crippen molar-refractivity contribution >= 4 is 28.4 Å². The van der Waals surface area contributed by atoms with Crippen molar-refractivity contribution in [3.8, 4) is 0 Å². The van der Waals surface area contributed by atoms with Gasteiger partial charge in [0, 0.05) is 5.57 Å². The summed E-state index contributed by atoms with van der Waals surface area (Å²) in [5, 5.41) is 0. The van der Waals surface area contributed by atoms with Crippen LogP contribution in [0.5, 0.6) is 0 Å². The van der Waals surface area contributed by atoms with Crippen LogP contribution in [0, 0.1) is 10.2 Å². The minimum atomic E-state index is -4.94. The normalized spacial score (nSPS) is 11.7. The predicted octanol–water partition coefficient (Wildman–Crippen LogP) is 2.36. The van der Waals surface area contributed by atoms with E-state index in [0.29, 0.717) is 11.3 Å². The smallest absolute Gasteiger partial charge is 0.345 e. The van der Waals surface area contributed by atoms with Gasteiger partial charge in [0.05, 0.1) is 25.1 Å². The molecule has 232 valence electrons. The van der Waals surface area contributed by atoms with E-state index in [1.165, 1.54) is 25.3 Å². The summed E-state index contributed by atoms with van der Waals surface area (Å²) in [6, 6.07) is 26.9. The Bertz CT molecular complexity index is 1300. The third-order valence-electron chi connectivity index (χ3n) is 6.50. The second-order valence-electron chi connectivity index (χ2n) is 11.7. The molecule has 0 aromatic heterocycles. The molecule has 3 aromatic rings. The van der Waals surface area contributed by atoms with E-state index in [-0.39, 0.29) is 16.4 Å². The van der Waals surface area contributed by atoms with Gasteiger partial charge in [-0.1, -0.05) is 96.1 Å². The van der Waals surface area contributed by atoms with E-state index in [0.717, 1.165) is 15.4 Å². The summed E-state index contributed by atoms with van der Waals surface area (Å²) >= 11 is 0. The monoisotopic (exact) mass is 630 g/mol. The van der Waals surface area contributed by atoms with Gasteiger partial charge < -0.3 is 9.47 Å². The first kappa shape index (κ1) is 36.0. The van der Waals surface area contributed by atoms with Crippen LogP contribution in [0.2, 0.25) is 0 Å². The van der Waals surface area contributed by atoms with E-state index < -0.39 is 33.1 Å². The van der Waals surface area contributed by atoms with Crippen LogP contribution in [0.1, 0.15) is 58.2 Å². The van der Waals surface area contributed by atoms with E-state index >= 15 is 0 Å². The maximum absolute atomic E-state index is 12.9. The molecule has 0 heterocycles. The molecule has 0 radical (unpaired) electrons. The lowest BCUT2D eigenvalue weighted by Crippen LogP contribution is -2.68. The highest BCUT2D eigenvalue weighted by molar-refractivity contribution is 7.97. The molecule has 10 heteroatoms. The molecule has 0 N–H and O–H groups in total. The SMILES string of the molecule is COC(=O)C(C(=O)OC)=C(C[S+](c1ccc(C(C)(C)C)cc1)c1ccc(C(C)(C)C)cc1)c1ccccc1.[O-][Cl+3]([O-])([O-])[O-]. The summed E-state index contributed by atoms with van der Waals surface area (Å²) in [5.41, 5.74) is 3.87. The summed E-state index contributed by atoms with van der Waals surface area (Å²) in [4.78, 5) is 28.1. The average molecular weight is 631 g/mol. The zero-order valence-corrected chi connectivity index (χ0v) is 27.3. The highest BCUT2D eigenvalue weighted by atomic mass is 35.7. The average Bonchev–Trinajstić information content (AvgIpc) is 2.93. The topological polar surface area (TPSA) is 145 Å². The molecule has 0 bridgehead atoms. The third-order valence-corrected chi connectivity index (χ3v) is 8.76. The molecule has 3 aromatic carbocycles. The minimum Gasteiger partial charge on any atom is -0.465 e. The summed E-state index contributed by atoms with van der Waals surface area (Å²) in [7, 11) is -2.86. The molecule has 0 saturated heterocycles. The van der Waals surface area contributed by atoms with Crippen molar-refractivity contribution in [3.63, 3.8) is 0 Å². The van der Waals surface area contributed by atoms with Gasteiger partial charge in [0.15, 0.2) is 15.4 Å². The zero-order chi connectivity index (χ0) is 32.6. The Balaban J connectivity index is 0.00000119. The number of halogens is 1. The summed E-state index contributed by atoms with van der Waals surface area (Å²) in [5.74, 6) is -0.969. The van der Waals surface area contributed by atoms with Crippen LogP contribution in [-0.4, -0.2) is 31.9 Å². The lowest BCUT2D eigenvalue weighted by atomic mass is 9.87. The van der Waals surface area contributed by atoms with Gasteiger partial charge in [-0.05, 0) is 51.8 Å². The Hall–Kier alpha value is -3.18. The molecule has 8 nitrogen and oxygen atoms in total. The number of hydrogen-bond acceptors (Lipinski definition) is 8. The highest BCUT2D eigenvalue weighted by Crippen LogP contribution is 2.34. The largest absolute Gasteiger partial charge is 0.465 e. The molecular formula is C33H39ClO8S. The quantitative estimate of drug-likeness (QED) is 0.127. The number of hydrogen-bond donors (Lipinski definition) is 0. The van der Waals surface area contributed by atoms with Gasteiger partial charge in [-0.2, -0.15) is 0 Å². The van der Waals surface area contributed by atoms with Gasteiger partial charge in [-0.3, -0.25) is 0 Å². The van der Waals surface area contributed by atoms with Crippen molar-refractivity contribution in [3.05, 3.63) is 101 Å². The molecule has 0 spiro atoms. The number of benzene rings is 3. The van der Waals surface area contributed by atoms with Crippen LogP contribution < -0.4 is 18.6 Å². The molecule has 0 amide bonds. The van der Waals surface area contributed by atoms with Crippen LogP contribution >= 0.6 is 0 Å². The van der Waals surface area contributed by atoms with Crippen molar-refractivity contribution in [1.82, 2.24) is 0 Å². The molecule has 0 aliphatic carbocycles. The van der Waals surface area contributed by atoms with E-state index in [9.17, 15) is 9.59 Å².